The summed E-state index contributed by atoms with van der Waals surface area (Å²) in [6.07, 6.45) is 0.861. The number of hydrogen-bond acceptors (Lipinski definition) is 4. The van der Waals surface area contributed by atoms with Crippen molar-refractivity contribution in [2.75, 3.05) is 27.7 Å². The van der Waals surface area contributed by atoms with E-state index in [1.165, 1.54) is 0 Å². The third-order valence-electron chi connectivity index (χ3n) is 4.21. The molecular weight excluding hydrogens is 316 g/mol. The van der Waals surface area contributed by atoms with E-state index in [1.54, 1.807) is 19.2 Å². The summed E-state index contributed by atoms with van der Waals surface area (Å²) in [5.74, 6) is 1.01. The van der Waals surface area contributed by atoms with Gasteiger partial charge in [-0.05, 0) is 49.8 Å². The average molecular weight is 342 g/mol. The van der Waals surface area contributed by atoms with E-state index in [0.29, 0.717) is 19.4 Å². The zero-order valence-corrected chi connectivity index (χ0v) is 15.0. The molecule has 0 saturated carbocycles. The number of phenols is 1. The highest BCUT2D eigenvalue weighted by Crippen LogP contribution is 2.22. The Kier molecular flexibility index (Phi) is 6.83. The van der Waals surface area contributed by atoms with Gasteiger partial charge in [-0.2, -0.15) is 0 Å². The van der Waals surface area contributed by atoms with Crippen LogP contribution in [0.3, 0.4) is 0 Å². The maximum Gasteiger partial charge on any atom is 0.220 e. The molecule has 2 N–H and O–H groups in total. The summed E-state index contributed by atoms with van der Waals surface area (Å²) in [5, 5.41) is 12.7. The largest absolute Gasteiger partial charge is 0.508 e. The van der Waals surface area contributed by atoms with Gasteiger partial charge in [0.1, 0.15) is 11.5 Å². The van der Waals surface area contributed by atoms with E-state index < -0.39 is 0 Å². The van der Waals surface area contributed by atoms with E-state index in [4.69, 9.17) is 4.74 Å². The third-order valence-corrected chi connectivity index (χ3v) is 4.21. The molecule has 0 bridgehead atoms. The molecule has 0 heterocycles. The number of likely N-dealkylation sites (N-methyl/N-ethyl adjacent to an activating group) is 1. The van der Waals surface area contributed by atoms with Gasteiger partial charge in [-0.1, -0.05) is 30.3 Å². The van der Waals surface area contributed by atoms with Crippen molar-refractivity contribution >= 4 is 5.91 Å². The van der Waals surface area contributed by atoms with Crippen molar-refractivity contribution < 1.29 is 14.6 Å². The van der Waals surface area contributed by atoms with Gasteiger partial charge in [-0.15, -0.1) is 0 Å². The Morgan fingerprint density at radius 3 is 2.64 bits per heavy atom. The fourth-order valence-electron chi connectivity index (χ4n) is 2.72. The summed E-state index contributed by atoms with van der Waals surface area (Å²) in [6, 6.07) is 15.0. The van der Waals surface area contributed by atoms with Gasteiger partial charge in [0, 0.05) is 13.0 Å². The van der Waals surface area contributed by atoms with Crippen molar-refractivity contribution in [3.63, 3.8) is 0 Å². The van der Waals surface area contributed by atoms with Crippen LogP contribution in [-0.2, 0) is 11.2 Å². The maximum absolute atomic E-state index is 12.2. The average Bonchev–Trinajstić information content (AvgIpc) is 2.61. The van der Waals surface area contributed by atoms with E-state index in [9.17, 15) is 9.90 Å². The van der Waals surface area contributed by atoms with Crippen LogP contribution in [0.2, 0.25) is 0 Å². The van der Waals surface area contributed by atoms with Gasteiger partial charge >= 0.3 is 0 Å². The summed E-state index contributed by atoms with van der Waals surface area (Å²) in [7, 11) is 5.61. The molecule has 0 aromatic heterocycles. The summed E-state index contributed by atoms with van der Waals surface area (Å²) in [4.78, 5) is 14.2. The summed E-state index contributed by atoms with van der Waals surface area (Å²) < 4.78 is 5.28. The minimum atomic E-state index is -0.0296. The number of phenolic OH excluding ortho intramolecular Hbond substituents is 1. The Morgan fingerprint density at radius 1 is 1.20 bits per heavy atom. The van der Waals surface area contributed by atoms with Gasteiger partial charge in [0.2, 0.25) is 5.91 Å². The number of para-hydroxylation sites is 1. The number of carbonyl (C=O) groups is 1. The van der Waals surface area contributed by atoms with Gasteiger partial charge in [0.25, 0.3) is 0 Å². The molecule has 2 rings (SSSR count). The van der Waals surface area contributed by atoms with Crippen LogP contribution >= 0.6 is 0 Å². The quantitative estimate of drug-likeness (QED) is 0.774. The number of benzene rings is 2. The first-order chi connectivity index (χ1) is 12.0. The minimum Gasteiger partial charge on any atom is -0.508 e. The molecule has 134 valence electrons. The Balaban J connectivity index is 1.92. The van der Waals surface area contributed by atoms with Crippen LogP contribution in [0.5, 0.6) is 11.5 Å². The summed E-state index contributed by atoms with van der Waals surface area (Å²) in [6.45, 7) is 0.514. The maximum atomic E-state index is 12.2. The number of aryl methyl sites for hydroxylation is 1. The molecule has 1 atom stereocenters. The van der Waals surface area contributed by atoms with Crippen LogP contribution in [0.25, 0.3) is 0 Å². The molecule has 0 aliphatic heterocycles. The van der Waals surface area contributed by atoms with Crippen LogP contribution in [0, 0.1) is 0 Å². The van der Waals surface area contributed by atoms with E-state index >= 15 is 0 Å². The van der Waals surface area contributed by atoms with Crippen molar-refractivity contribution in [2.45, 2.75) is 18.9 Å². The molecule has 0 saturated heterocycles. The molecule has 5 nitrogen and oxygen atoms in total. The monoisotopic (exact) mass is 342 g/mol. The second-order valence-corrected chi connectivity index (χ2v) is 6.19. The zero-order chi connectivity index (χ0) is 18.2. The molecule has 0 fully saturated rings. The topological polar surface area (TPSA) is 61.8 Å². The highest BCUT2D eigenvalue weighted by molar-refractivity contribution is 5.76. The Morgan fingerprint density at radius 2 is 1.96 bits per heavy atom. The van der Waals surface area contributed by atoms with Gasteiger partial charge in [0.05, 0.1) is 13.2 Å². The standard InChI is InChI=1S/C20H26N2O3/c1-22(2)18(16-8-6-9-17(13-16)25-3)14-21-20(24)12-11-15-7-4-5-10-19(15)23/h4-10,13,18,23H,11-12,14H2,1-3H3,(H,21,24). The lowest BCUT2D eigenvalue weighted by atomic mass is 10.1. The fourth-order valence-corrected chi connectivity index (χ4v) is 2.72. The SMILES string of the molecule is COc1cccc(C(CNC(=O)CCc2ccccc2O)N(C)C)c1. The third kappa shape index (κ3) is 5.50. The second-order valence-electron chi connectivity index (χ2n) is 6.19. The van der Waals surface area contributed by atoms with Crippen molar-refractivity contribution in [3.8, 4) is 11.5 Å². The molecule has 1 unspecified atom stereocenters. The lowest BCUT2D eigenvalue weighted by Crippen LogP contribution is -2.34. The molecular formula is C20H26N2O3. The summed E-state index contributed by atoms with van der Waals surface area (Å²) >= 11 is 0. The van der Waals surface area contributed by atoms with Gasteiger partial charge in [0.15, 0.2) is 0 Å². The number of nitrogens with one attached hydrogen (secondary N) is 1. The molecule has 25 heavy (non-hydrogen) atoms. The van der Waals surface area contributed by atoms with E-state index in [1.807, 2.05) is 50.5 Å². The van der Waals surface area contributed by atoms with Gasteiger partial charge < -0.3 is 20.1 Å². The number of nitrogens with zero attached hydrogens (tertiary/aromatic N) is 1. The van der Waals surface area contributed by atoms with E-state index in [-0.39, 0.29) is 17.7 Å². The van der Waals surface area contributed by atoms with Crippen molar-refractivity contribution in [3.05, 3.63) is 59.7 Å². The number of carbonyl (C=O) groups excluding carboxylic acids is 1. The summed E-state index contributed by atoms with van der Waals surface area (Å²) in [5.41, 5.74) is 1.87. The molecule has 0 aliphatic rings. The number of hydrogen-bond donors (Lipinski definition) is 2. The number of rotatable bonds is 8. The second kappa shape index (κ2) is 9.08. The van der Waals surface area contributed by atoms with Gasteiger partial charge in [-0.25, -0.2) is 0 Å². The van der Waals surface area contributed by atoms with E-state index in [2.05, 4.69) is 10.2 Å². The van der Waals surface area contributed by atoms with Gasteiger partial charge in [-0.3, -0.25) is 4.79 Å². The molecule has 0 radical (unpaired) electrons. The van der Waals surface area contributed by atoms with Crippen LogP contribution < -0.4 is 10.1 Å². The predicted molar refractivity (Wildman–Crippen MR) is 98.9 cm³/mol. The van der Waals surface area contributed by atoms with Crippen LogP contribution in [-0.4, -0.2) is 43.7 Å². The van der Waals surface area contributed by atoms with Crippen molar-refractivity contribution in [1.29, 1.82) is 0 Å². The lowest BCUT2D eigenvalue weighted by molar-refractivity contribution is -0.121. The van der Waals surface area contributed by atoms with Crippen LogP contribution in [0.1, 0.15) is 23.6 Å². The first kappa shape index (κ1) is 18.8. The lowest BCUT2D eigenvalue weighted by Gasteiger charge is -2.25. The fraction of sp³-hybridized carbons (Fsp3) is 0.350. The Labute approximate surface area is 149 Å². The van der Waals surface area contributed by atoms with E-state index in [0.717, 1.165) is 16.9 Å². The highest BCUT2D eigenvalue weighted by Gasteiger charge is 2.16. The highest BCUT2D eigenvalue weighted by atomic mass is 16.5. The molecule has 1 amide bonds. The zero-order valence-electron chi connectivity index (χ0n) is 15.0. The van der Waals surface area contributed by atoms with Crippen LogP contribution in [0.4, 0.5) is 0 Å². The molecule has 0 aliphatic carbocycles. The number of amides is 1. The molecule has 5 heteroatoms. The number of methoxy groups -OCH3 is 1. The Hall–Kier alpha value is -2.53. The minimum absolute atomic E-state index is 0.0296. The smallest absolute Gasteiger partial charge is 0.220 e. The van der Waals surface area contributed by atoms with Crippen molar-refractivity contribution in [1.82, 2.24) is 10.2 Å². The Bertz CT molecular complexity index is 701. The van der Waals surface area contributed by atoms with Crippen LogP contribution in [0.15, 0.2) is 48.5 Å². The molecule has 0 spiro atoms. The molecule has 2 aromatic rings. The van der Waals surface area contributed by atoms with Crippen molar-refractivity contribution in [2.24, 2.45) is 0 Å². The number of aromatic hydroxyl groups is 1. The first-order valence-electron chi connectivity index (χ1n) is 8.35. The number of ether oxygens (including phenoxy) is 1. The molecule has 2 aromatic carbocycles. The normalized spacial score (nSPS) is 12.0. The predicted octanol–water partition coefficient (Wildman–Crippen LogP) is 2.75. The first-order valence-corrected chi connectivity index (χ1v) is 8.35.